The van der Waals surface area contributed by atoms with E-state index < -0.39 is 16.6 Å². The van der Waals surface area contributed by atoms with Gasteiger partial charge in [0.2, 0.25) is 0 Å². The minimum Gasteiger partial charge on any atom is -0.492 e. The Bertz CT molecular complexity index is 1970. The van der Waals surface area contributed by atoms with Gasteiger partial charge >= 0.3 is 6.09 Å². The fraction of sp³-hybridized carbons (Fsp3) is 0.447. The molecule has 4 aromatic rings. The highest BCUT2D eigenvalue weighted by atomic mass is 32.2. The Morgan fingerprint density at radius 3 is 2.46 bits per heavy atom. The molecular weight excluding hydrogens is 683 g/mol. The topological polar surface area (TPSA) is 157 Å². The van der Waals surface area contributed by atoms with Gasteiger partial charge in [0.05, 0.1) is 37.2 Å². The number of rotatable bonds is 9. The first-order chi connectivity index (χ1) is 24.5. The Hall–Kier alpha value is -4.82. The third-order valence-electron chi connectivity index (χ3n) is 8.44. The van der Waals surface area contributed by atoms with Gasteiger partial charge in [-0.3, -0.25) is 4.79 Å². The van der Waals surface area contributed by atoms with Crippen molar-refractivity contribution in [1.29, 1.82) is 0 Å². The van der Waals surface area contributed by atoms with Crippen LogP contribution in [0.25, 0.3) is 11.0 Å². The summed E-state index contributed by atoms with van der Waals surface area (Å²) in [6, 6.07) is 13.0. The van der Waals surface area contributed by atoms with Crippen molar-refractivity contribution < 1.29 is 28.0 Å². The SMILES string of the molecule is COc1c(NC(=O)c2ccc(C)c(Nc3ncnc4ccc(CC5COCCN(C(=O)OC(C)(C)C)C5)nc34)c2)cc(C(C)(C)C)cc1NS(C)=O. The quantitative estimate of drug-likeness (QED) is 0.168. The molecule has 52 heavy (non-hydrogen) atoms. The van der Waals surface area contributed by atoms with Crippen molar-refractivity contribution in [2.24, 2.45) is 5.92 Å². The van der Waals surface area contributed by atoms with E-state index in [-0.39, 0.29) is 23.3 Å². The van der Waals surface area contributed by atoms with E-state index in [0.717, 1.165) is 16.8 Å². The molecule has 2 aromatic carbocycles. The largest absolute Gasteiger partial charge is 0.492 e. The number of carbonyl (C=O) groups is 2. The van der Waals surface area contributed by atoms with Gasteiger partial charge in [0.1, 0.15) is 28.4 Å². The zero-order chi connectivity index (χ0) is 37.8. The van der Waals surface area contributed by atoms with Gasteiger partial charge in [-0.25, -0.2) is 24.0 Å². The minimum atomic E-state index is -1.36. The van der Waals surface area contributed by atoms with Crippen LogP contribution in [0.4, 0.5) is 27.7 Å². The lowest BCUT2D eigenvalue weighted by atomic mass is 9.86. The number of nitrogens with one attached hydrogen (secondary N) is 3. The maximum absolute atomic E-state index is 13.7. The van der Waals surface area contributed by atoms with E-state index in [0.29, 0.717) is 78.0 Å². The average molecular weight is 732 g/mol. The second kappa shape index (κ2) is 15.8. The van der Waals surface area contributed by atoms with Gasteiger partial charge in [-0.05, 0) is 87.1 Å². The van der Waals surface area contributed by atoms with Crippen molar-refractivity contribution >= 4 is 56.9 Å². The summed E-state index contributed by atoms with van der Waals surface area (Å²) < 4.78 is 32.2. The highest BCUT2D eigenvalue weighted by Gasteiger charge is 2.28. The Morgan fingerprint density at radius 1 is 1.02 bits per heavy atom. The molecule has 2 unspecified atom stereocenters. The summed E-state index contributed by atoms with van der Waals surface area (Å²) in [4.78, 5) is 42.2. The molecule has 278 valence electrons. The second-order valence-corrected chi connectivity index (χ2v) is 16.1. The van der Waals surface area contributed by atoms with E-state index in [4.69, 9.17) is 19.2 Å². The number of fused-ring (bicyclic) bond motifs is 1. The summed E-state index contributed by atoms with van der Waals surface area (Å²) in [5, 5.41) is 6.39. The summed E-state index contributed by atoms with van der Waals surface area (Å²) in [6.07, 6.45) is 3.23. The number of carbonyl (C=O) groups excluding carboxylic acids is 2. The summed E-state index contributed by atoms with van der Waals surface area (Å²) in [7, 11) is 0.150. The maximum Gasteiger partial charge on any atom is 0.410 e. The second-order valence-electron chi connectivity index (χ2n) is 15.0. The molecule has 14 heteroatoms. The van der Waals surface area contributed by atoms with Gasteiger partial charge in [-0.2, -0.15) is 0 Å². The molecule has 1 saturated heterocycles. The van der Waals surface area contributed by atoms with Gasteiger partial charge in [-0.1, -0.05) is 26.8 Å². The van der Waals surface area contributed by atoms with E-state index in [9.17, 15) is 13.8 Å². The number of amides is 2. The van der Waals surface area contributed by atoms with Gasteiger partial charge in [0.25, 0.3) is 5.91 Å². The van der Waals surface area contributed by atoms with Crippen molar-refractivity contribution in [2.45, 2.75) is 65.9 Å². The van der Waals surface area contributed by atoms with Gasteiger partial charge < -0.3 is 34.5 Å². The summed E-state index contributed by atoms with van der Waals surface area (Å²) in [5.41, 5.74) is 5.06. The number of methoxy groups -OCH3 is 1. The van der Waals surface area contributed by atoms with Gasteiger partial charge in [-0.15, -0.1) is 0 Å². The zero-order valence-electron chi connectivity index (χ0n) is 31.4. The first-order valence-corrected chi connectivity index (χ1v) is 18.7. The average Bonchev–Trinajstić information content (AvgIpc) is 3.30. The number of hydrogen-bond donors (Lipinski definition) is 3. The Balaban J connectivity index is 1.39. The zero-order valence-corrected chi connectivity index (χ0v) is 32.2. The standard InChI is InChI=1S/C38H49N7O6S/c1-23-10-11-25(35(46)43-30-18-26(37(2,3)4)19-31(33(30)49-8)44-52(9)48)17-29(23)42-34-32-28(39-22-40-34)13-12-27(41-32)16-24-20-45(14-15-50-21-24)36(47)51-38(5,6)7/h10-13,17-19,22,24,44H,14-16,20-21H2,1-9H3,(H,43,46)(H,39,40,42). The van der Waals surface area contributed by atoms with E-state index in [1.165, 1.54) is 19.7 Å². The van der Waals surface area contributed by atoms with Crippen LogP contribution in [0, 0.1) is 12.8 Å². The van der Waals surface area contributed by atoms with Crippen molar-refractivity contribution in [3.8, 4) is 5.75 Å². The maximum atomic E-state index is 13.7. The molecule has 0 saturated carbocycles. The van der Waals surface area contributed by atoms with Crippen molar-refractivity contribution in [3.63, 3.8) is 0 Å². The number of aromatic nitrogens is 3. The Kier molecular flexibility index (Phi) is 11.7. The van der Waals surface area contributed by atoms with Crippen LogP contribution in [0.5, 0.6) is 5.75 Å². The molecule has 2 amide bonds. The predicted molar refractivity (Wildman–Crippen MR) is 205 cm³/mol. The summed E-state index contributed by atoms with van der Waals surface area (Å²) in [5.74, 6) is 0.527. The highest BCUT2D eigenvalue weighted by molar-refractivity contribution is 7.85. The van der Waals surface area contributed by atoms with Crippen molar-refractivity contribution in [3.05, 3.63) is 71.2 Å². The van der Waals surface area contributed by atoms with Crippen LogP contribution in [-0.2, 0) is 32.3 Å². The lowest BCUT2D eigenvalue weighted by Gasteiger charge is -2.27. The monoisotopic (exact) mass is 731 g/mol. The Morgan fingerprint density at radius 2 is 1.77 bits per heavy atom. The summed E-state index contributed by atoms with van der Waals surface area (Å²) in [6.45, 7) is 15.6. The van der Waals surface area contributed by atoms with E-state index in [1.807, 2.05) is 58.0 Å². The Labute approximate surface area is 307 Å². The molecular formula is C38H49N7O6S. The van der Waals surface area contributed by atoms with Crippen LogP contribution < -0.4 is 20.1 Å². The molecule has 5 rings (SSSR count). The number of anilines is 4. The number of aryl methyl sites for hydroxylation is 1. The fourth-order valence-corrected chi connectivity index (χ4v) is 6.26. The van der Waals surface area contributed by atoms with Crippen LogP contribution in [0.2, 0.25) is 0 Å². The van der Waals surface area contributed by atoms with Crippen molar-refractivity contribution in [1.82, 2.24) is 19.9 Å². The third-order valence-corrected chi connectivity index (χ3v) is 8.95. The normalized spacial score (nSPS) is 15.8. The number of hydrogen-bond acceptors (Lipinski definition) is 10. The van der Waals surface area contributed by atoms with Crippen LogP contribution in [0.3, 0.4) is 0 Å². The third kappa shape index (κ3) is 9.73. The molecule has 1 aliphatic rings. The van der Waals surface area contributed by atoms with Crippen LogP contribution >= 0.6 is 0 Å². The molecule has 0 radical (unpaired) electrons. The molecule has 2 atom stereocenters. The first kappa shape index (κ1) is 38.4. The molecule has 13 nitrogen and oxygen atoms in total. The molecule has 2 aromatic heterocycles. The van der Waals surface area contributed by atoms with Crippen LogP contribution in [-0.4, -0.2) is 81.3 Å². The van der Waals surface area contributed by atoms with Gasteiger partial charge in [0.15, 0.2) is 11.6 Å². The molecule has 1 fully saturated rings. The van der Waals surface area contributed by atoms with E-state index in [2.05, 4.69) is 46.1 Å². The van der Waals surface area contributed by atoms with E-state index >= 15 is 0 Å². The molecule has 3 N–H and O–H groups in total. The predicted octanol–water partition coefficient (Wildman–Crippen LogP) is 6.77. The number of ether oxygens (including phenoxy) is 3. The number of benzene rings is 2. The summed E-state index contributed by atoms with van der Waals surface area (Å²) >= 11 is 0. The molecule has 0 bridgehead atoms. The smallest absolute Gasteiger partial charge is 0.410 e. The van der Waals surface area contributed by atoms with Gasteiger partial charge in [0, 0.05) is 42.2 Å². The highest BCUT2D eigenvalue weighted by Crippen LogP contribution is 2.39. The molecule has 3 heterocycles. The van der Waals surface area contributed by atoms with Crippen LogP contribution in [0.15, 0.2) is 48.8 Å². The minimum absolute atomic E-state index is 0.0112. The molecule has 0 aliphatic carbocycles. The number of nitrogens with zero attached hydrogens (tertiary/aromatic N) is 4. The number of pyridine rings is 1. The van der Waals surface area contributed by atoms with E-state index in [1.54, 1.807) is 17.0 Å². The molecule has 1 aliphatic heterocycles. The molecule has 0 spiro atoms. The fourth-order valence-electron chi connectivity index (χ4n) is 5.80. The van der Waals surface area contributed by atoms with Crippen LogP contribution in [0.1, 0.15) is 68.7 Å². The van der Waals surface area contributed by atoms with Crippen molar-refractivity contribution in [2.75, 3.05) is 55.0 Å². The first-order valence-electron chi connectivity index (χ1n) is 17.2. The lowest BCUT2D eigenvalue weighted by Crippen LogP contribution is -2.40. The lowest BCUT2D eigenvalue weighted by molar-refractivity contribution is 0.0233.